The highest BCUT2D eigenvalue weighted by Gasteiger charge is 2.24. The maximum absolute atomic E-state index is 12.5. The fourth-order valence-electron chi connectivity index (χ4n) is 2.51. The van der Waals surface area contributed by atoms with Gasteiger partial charge in [0.15, 0.2) is 0 Å². The highest BCUT2D eigenvalue weighted by atomic mass is 35.5. The van der Waals surface area contributed by atoms with E-state index >= 15 is 0 Å². The second-order valence-corrected chi connectivity index (χ2v) is 7.79. The van der Waals surface area contributed by atoms with Gasteiger partial charge in [-0.2, -0.15) is 5.10 Å². The third-order valence-corrected chi connectivity index (χ3v) is 5.57. The van der Waals surface area contributed by atoms with Crippen LogP contribution in [0.5, 0.6) is 0 Å². The number of likely N-dealkylation sites (N-methyl/N-ethyl adjacent to an activating group) is 1. The Morgan fingerprint density at radius 2 is 2.04 bits per heavy atom. The van der Waals surface area contributed by atoms with Gasteiger partial charge >= 0.3 is 0 Å². The molecule has 0 aliphatic heterocycles. The van der Waals surface area contributed by atoms with E-state index in [0.717, 1.165) is 5.56 Å². The fourth-order valence-corrected chi connectivity index (χ4v) is 4.11. The molecule has 2 aromatic rings. The van der Waals surface area contributed by atoms with Gasteiger partial charge < -0.3 is 4.90 Å². The molecule has 2 N–H and O–H groups in total. The van der Waals surface area contributed by atoms with Crippen LogP contribution in [0.3, 0.4) is 0 Å². The molecule has 0 saturated heterocycles. The van der Waals surface area contributed by atoms with Crippen LogP contribution in [0, 0.1) is 13.8 Å². The van der Waals surface area contributed by atoms with Gasteiger partial charge in [-0.1, -0.05) is 23.7 Å². The Kier molecular flexibility index (Phi) is 5.46. The molecule has 2 rings (SSSR count). The molecular weight excluding hydrogens is 336 g/mol. The van der Waals surface area contributed by atoms with Gasteiger partial charge in [-0.3, -0.25) is 5.10 Å². The Balaban J connectivity index is 2.22. The minimum absolute atomic E-state index is 0.129. The van der Waals surface area contributed by atoms with E-state index in [4.69, 9.17) is 11.6 Å². The average Bonchev–Trinajstić information content (AvgIpc) is 2.78. The number of sulfonamides is 1. The van der Waals surface area contributed by atoms with Gasteiger partial charge in [-0.25, -0.2) is 13.1 Å². The van der Waals surface area contributed by atoms with Crippen molar-refractivity contribution in [2.45, 2.75) is 24.8 Å². The molecule has 126 valence electrons. The zero-order valence-corrected chi connectivity index (χ0v) is 15.2. The number of aryl methyl sites for hydroxylation is 2. The number of nitrogens with zero attached hydrogens (tertiary/aromatic N) is 2. The van der Waals surface area contributed by atoms with E-state index in [0.29, 0.717) is 16.4 Å². The topological polar surface area (TPSA) is 78.1 Å². The largest absolute Gasteiger partial charge is 0.301 e. The van der Waals surface area contributed by atoms with Crippen LogP contribution in [0.15, 0.2) is 29.2 Å². The van der Waals surface area contributed by atoms with Gasteiger partial charge in [-0.05, 0) is 45.6 Å². The Labute approximate surface area is 141 Å². The molecule has 6 nitrogen and oxygen atoms in total. The van der Waals surface area contributed by atoms with Gasteiger partial charge in [0.25, 0.3) is 0 Å². The maximum atomic E-state index is 12.5. The number of aromatic nitrogens is 2. The predicted octanol–water partition coefficient (Wildman–Crippen LogP) is 2.26. The van der Waals surface area contributed by atoms with E-state index in [-0.39, 0.29) is 17.5 Å². The minimum atomic E-state index is -3.63. The molecule has 0 bridgehead atoms. The van der Waals surface area contributed by atoms with Crippen molar-refractivity contribution >= 4 is 21.6 Å². The lowest BCUT2D eigenvalue weighted by Crippen LogP contribution is -2.35. The number of rotatable bonds is 6. The van der Waals surface area contributed by atoms with Crippen LogP contribution in [0.4, 0.5) is 0 Å². The van der Waals surface area contributed by atoms with Crippen LogP contribution in [0.2, 0.25) is 5.02 Å². The molecule has 0 radical (unpaired) electrons. The van der Waals surface area contributed by atoms with Crippen molar-refractivity contribution < 1.29 is 8.42 Å². The highest BCUT2D eigenvalue weighted by molar-refractivity contribution is 7.89. The Morgan fingerprint density at radius 3 is 2.57 bits per heavy atom. The summed E-state index contributed by atoms with van der Waals surface area (Å²) in [5.74, 6) is 0. The first-order chi connectivity index (χ1) is 10.7. The minimum Gasteiger partial charge on any atom is -0.301 e. The predicted molar refractivity (Wildman–Crippen MR) is 91.1 cm³/mol. The zero-order valence-electron chi connectivity index (χ0n) is 13.6. The lowest BCUT2D eigenvalue weighted by Gasteiger charge is -2.25. The number of hydrogen-bond acceptors (Lipinski definition) is 4. The molecule has 0 fully saturated rings. The van der Waals surface area contributed by atoms with E-state index in [1.165, 1.54) is 0 Å². The van der Waals surface area contributed by atoms with Crippen molar-refractivity contribution in [1.82, 2.24) is 19.8 Å². The molecule has 0 amide bonds. The van der Waals surface area contributed by atoms with Crippen molar-refractivity contribution in [3.05, 3.63) is 46.2 Å². The second kappa shape index (κ2) is 7.00. The molecule has 23 heavy (non-hydrogen) atoms. The van der Waals surface area contributed by atoms with Crippen LogP contribution in [-0.2, 0) is 10.0 Å². The van der Waals surface area contributed by atoms with Crippen molar-refractivity contribution in [1.29, 1.82) is 0 Å². The van der Waals surface area contributed by atoms with Crippen molar-refractivity contribution in [3.63, 3.8) is 0 Å². The Morgan fingerprint density at radius 1 is 1.35 bits per heavy atom. The summed E-state index contributed by atoms with van der Waals surface area (Å²) in [5.41, 5.74) is 1.93. The molecule has 1 aromatic carbocycles. The van der Waals surface area contributed by atoms with Gasteiger partial charge in [0, 0.05) is 17.6 Å². The zero-order chi connectivity index (χ0) is 17.2. The van der Waals surface area contributed by atoms with E-state index in [1.807, 2.05) is 37.2 Å². The third-order valence-electron chi connectivity index (χ3n) is 3.65. The molecule has 1 unspecified atom stereocenters. The van der Waals surface area contributed by atoms with E-state index in [1.54, 1.807) is 19.9 Å². The molecule has 1 aromatic heterocycles. The number of hydrogen-bond donors (Lipinski definition) is 2. The summed E-state index contributed by atoms with van der Waals surface area (Å²) < 4.78 is 27.8. The maximum Gasteiger partial charge on any atom is 0.244 e. The van der Waals surface area contributed by atoms with Gasteiger partial charge in [0.2, 0.25) is 10.0 Å². The normalized spacial score (nSPS) is 13.5. The molecular formula is C15H21ClN4O2S. The lowest BCUT2D eigenvalue weighted by molar-refractivity contribution is 0.299. The van der Waals surface area contributed by atoms with Gasteiger partial charge in [-0.15, -0.1) is 0 Å². The summed E-state index contributed by atoms with van der Waals surface area (Å²) in [7, 11) is 0.166. The summed E-state index contributed by atoms with van der Waals surface area (Å²) in [4.78, 5) is 2.16. The van der Waals surface area contributed by atoms with Crippen LogP contribution in [0.25, 0.3) is 0 Å². The molecule has 1 heterocycles. The quantitative estimate of drug-likeness (QED) is 0.832. The summed E-state index contributed by atoms with van der Waals surface area (Å²) in [6.07, 6.45) is 0. The number of halogens is 1. The van der Waals surface area contributed by atoms with Gasteiger partial charge in [0.05, 0.1) is 11.4 Å². The number of H-pyrrole nitrogens is 1. The second-order valence-electron chi connectivity index (χ2n) is 5.65. The number of aromatic amines is 1. The molecule has 0 aliphatic carbocycles. The molecule has 0 aliphatic rings. The summed E-state index contributed by atoms with van der Waals surface area (Å²) in [5, 5.41) is 7.26. The Bertz CT molecular complexity index is 767. The Hall–Kier alpha value is -1.41. The summed E-state index contributed by atoms with van der Waals surface area (Å²) in [6, 6.07) is 7.29. The van der Waals surface area contributed by atoms with Crippen LogP contribution in [0.1, 0.15) is 23.0 Å². The SMILES string of the molecule is Cc1n[nH]c(C)c1S(=O)(=O)NCC(c1cccc(Cl)c1)N(C)C. The first-order valence-corrected chi connectivity index (χ1v) is 9.01. The average molecular weight is 357 g/mol. The van der Waals surface area contributed by atoms with E-state index in [2.05, 4.69) is 14.9 Å². The first-order valence-electron chi connectivity index (χ1n) is 7.15. The first kappa shape index (κ1) is 17.9. The molecule has 1 atom stereocenters. The van der Waals surface area contributed by atoms with Crippen molar-refractivity contribution in [2.75, 3.05) is 20.6 Å². The molecule has 8 heteroatoms. The number of benzene rings is 1. The summed E-state index contributed by atoms with van der Waals surface area (Å²) >= 11 is 6.04. The fraction of sp³-hybridized carbons (Fsp3) is 0.400. The van der Waals surface area contributed by atoms with Crippen molar-refractivity contribution in [2.24, 2.45) is 0 Å². The monoisotopic (exact) mass is 356 g/mol. The smallest absolute Gasteiger partial charge is 0.244 e. The molecule has 0 spiro atoms. The lowest BCUT2D eigenvalue weighted by atomic mass is 10.1. The van der Waals surface area contributed by atoms with Gasteiger partial charge in [0.1, 0.15) is 4.90 Å². The van der Waals surface area contributed by atoms with E-state index < -0.39 is 10.0 Å². The van der Waals surface area contributed by atoms with E-state index in [9.17, 15) is 8.42 Å². The highest BCUT2D eigenvalue weighted by Crippen LogP contribution is 2.22. The third kappa shape index (κ3) is 4.11. The van der Waals surface area contributed by atoms with Crippen molar-refractivity contribution in [3.8, 4) is 0 Å². The number of nitrogens with one attached hydrogen (secondary N) is 2. The van der Waals surface area contributed by atoms with Crippen LogP contribution < -0.4 is 4.72 Å². The standard InChI is InChI=1S/C15H21ClN4O2S/c1-10-15(11(2)19-18-10)23(21,22)17-9-14(20(3)4)12-6-5-7-13(16)8-12/h5-8,14,17H,9H2,1-4H3,(H,18,19). The van der Waals surface area contributed by atoms with Crippen LogP contribution >= 0.6 is 11.6 Å². The molecule has 0 saturated carbocycles. The summed E-state index contributed by atoms with van der Waals surface area (Å²) in [6.45, 7) is 3.59. The van der Waals surface area contributed by atoms with Crippen LogP contribution in [-0.4, -0.2) is 44.2 Å².